The summed E-state index contributed by atoms with van der Waals surface area (Å²) in [6.45, 7) is 8.94. The third kappa shape index (κ3) is 5.93. The molecule has 1 aliphatic rings. The molecule has 2 rings (SSSR count). The first-order valence-electron chi connectivity index (χ1n) is 7.97. The van der Waals surface area contributed by atoms with Gasteiger partial charge in [-0.05, 0) is 83.0 Å². The van der Waals surface area contributed by atoms with Crippen LogP contribution in [-0.4, -0.2) is 44.2 Å². The molecule has 1 N–H and O–H groups in total. The zero-order chi connectivity index (χ0) is 14.0. The van der Waals surface area contributed by atoms with E-state index < -0.39 is 0 Å². The van der Waals surface area contributed by atoms with Crippen LogP contribution in [0.5, 0.6) is 5.75 Å². The van der Waals surface area contributed by atoms with Crippen molar-refractivity contribution in [2.24, 2.45) is 0 Å². The molecule has 1 heterocycles. The molecular weight excluding hydrogens is 248 g/mol. The SMILES string of the molecule is Cc1cccc(OCCCNCCCN2CCCC2)c1. The summed E-state index contributed by atoms with van der Waals surface area (Å²) in [5, 5.41) is 3.50. The molecule has 3 heteroatoms. The topological polar surface area (TPSA) is 24.5 Å². The number of benzene rings is 1. The Bertz CT molecular complexity index is 375. The maximum absolute atomic E-state index is 5.73. The van der Waals surface area contributed by atoms with Crippen LogP contribution in [0.15, 0.2) is 24.3 Å². The van der Waals surface area contributed by atoms with Crippen molar-refractivity contribution in [1.82, 2.24) is 10.2 Å². The third-order valence-electron chi connectivity index (χ3n) is 3.78. The van der Waals surface area contributed by atoms with Crippen LogP contribution in [0, 0.1) is 6.92 Å². The molecule has 1 fully saturated rings. The van der Waals surface area contributed by atoms with Gasteiger partial charge in [0.05, 0.1) is 6.61 Å². The highest BCUT2D eigenvalue weighted by Gasteiger charge is 2.09. The zero-order valence-corrected chi connectivity index (χ0v) is 12.7. The van der Waals surface area contributed by atoms with E-state index >= 15 is 0 Å². The summed E-state index contributed by atoms with van der Waals surface area (Å²) in [5.41, 5.74) is 1.25. The fourth-order valence-corrected chi connectivity index (χ4v) is 2.65. The smallest absolute Gasteiger partial charge is 0.119 e. The molecule has 0 aliphatic carbocycles. The summed E-state index contributed by atoms with van der Waals surface area (Å²) in [7, 11) is 0. The van der Waals surface area contributed by atoms with Gasteiger partial charge in [0, 0.05) is 0 Å². The lowest BCUT2D eigenvalue weighted by Gasteiger charge is -2.14. The number of hydrogen-bond acceptors (Lipinski definition) is 3. The Labute approximate surface area is 123 Å². The Hall–Kier alpha value is -1.06. The summed E-state index contributed by atoms with van der Waals surface area (Å²) < 4.78 is 5.73. The predicted molar refractivity (Wildman–Crippen MR) is 84.5 cm³/mol. The second-order valence-electron chi connectivity index (χ2n) is 5.67. The second-order valence-corrected chi connectivity index (χ2v) is 5.67. The number of hydrogen-bond donors (Lipinski definition) is 1. The van der Waals surface area contributed by atoms with Crippen LogP contribution in [0.4, 0.5) is 0 Å². The van der Waals surface area contributed by atoms with E-state index in [0.717, 1.165) is 31.9 Å². The van der Waals surface area contributed by atoms with Crippen LogP contribution in [-0.2, 0) is 0 Å². The molecule has 0 aromatic heterocycles. The van der Waals surface area contributed by atoms with Crippen molar-refractivity contribution < 1.29 is 4.74 Å². The molecule has 1 aromatic rings. The minimum absolute atomic E-state index is 0.794. The number of ether oxygens (including phenoxy) is 1. The van der Waals surface area contributed by atoms with Crippen LogP contribution >= 0.6 is 0 Å². The molecule has 0 unspecified atom stereocenters. The average Bonchev–Trinajstić information content (AvgIpc) is 2.95. The van der Waals surface area contributed by atoms with Crippen molar-refractivity contribution in [3.8, 4) is 5.75 Å². The number of likely N-dealkylation sites (tertiary alicyclic amines) is 1. The molecule has 0 atom stereocenters. The van der Waals surface area contributed by atoms with Gasteiger partial charge in [0.25, 0.3) is 0 Å². The second kappa shape index (κ2) is 8.98. The third-order valence-corrected chi connectivity index (χ3v) is 3.78. The van der Waals surface area contributed by atoms with E-state index in [1.807, 2.05) is 12.1 Å². The van der Waals surface area contributed by atoms with E-state index in [9.17, 15) is 0 Å². The van der Waals surface area contributed by atoms with E-state index in [-0.39, 0.29) is 0 Å². The summed E-state index contributed by atoms with van der Waals surface area (Å²) in [5.74, 6) is 0.985. The molecule has 0 bridgehead atoms. The standard InChI is InChI=1S/C17H28N2O/c1-16-7-4-8-17(15-16)20-14-6-10-18-9-5-13-19-11-2-3-12-19/h4,7-8,15,18H,2-3,5-6,9-14H2,1H3. The molecule has 0 spiro atoms. The molecule has 1 saturated heterocycles. The summed E-state index contributed by atoms with van der Waals surface area (Å²) in [6, 6.07) is 8.25. The van der Waals surface area contributed by atoms with Crippen LogP contribution in [0.25, 0.3) is 0 Å². The Balaban J connectivity index is 1.41. The predicted octanol–water partition coefficient (Wildman–Crippen LogP) is 2.84. The molecule has 112 valence electrons. The van der Waals surface area contributed by atoms with Gasteiger partial charge in [-0.15, -0.1) is 0 Å². The lowest BCUT2D eigenvalue weighted by Crippen LogP contribution is -2.25. The minimum Gasteiger partial charge on any atom is -0.494 e. The highest BCUT2D eigenvalue weighted by atomic mass is 16.5. The van der Waals surface area contributed by atoms with Gasteiger partial charge in [-0.25, -0.2) is 0 Å². The molecule has 3 nitrogen and oxygen atoms in total. The van der Waals surface area contributed by atoms with Gasteiger partial charge >= 0.3 is 0 Å². The summed E-state index contributed by atoms with van der Waals surface area (Å²) in [4.78, 5) is 2.57. The highest BCUT2D eigenvalue weighted by molar-refractivity contribution is 5.27. The maximum atomic E-state index is 5.73. The zero-order valence-electron chi connectivity index (χ0n) is 12.7. The first-order chi connectivity index (χ1) is 9.84. The van der Waals surface area contributed by atoms with Crippen molar-refractivity contribution in [3.63, 3.8) is 0 Å². The largest absolute Gasteiger partial charge is 0.494 e. The van der Waals surface area contributed by atoms with Crippen molar-refractivity contribution in [1.29, 1.82) is 0 Å². The van der Waals surface area contributed by atoms with E-state index in [4.69, 9.17) is 4.74 Å². The first-order valence-corrected chi connectivity index (χ1v) is 7.97. The Morgan fingerprint density at radius 2 is 1.95 bits per heavy atom. The van der Waals surface area contributed by atoms with E-state index in [0.29, 0.717) is 0 Å². The van der Waals surface area contributed by atoms with E-state index in [1.54, 1.807) is 0 Å². The Kier molecular flexibility index (Phi) is 6.89. The summed E-state index contributed by atoms with van der Waals surface area (Å²) >= 11 is 0. The van der Waals surface area contributed by atoms with Crippen molar-refractivity contribution >= 4 is 0 Å². The van der Waals surface area contributed by atoms with Gasteiger partial charge in [0.2, 0.25) is 0 Å². The van der Waals surface area contributed by atoms with E-state index in [1.165, 1.54) is 44.5 Å². The highest BCUT2D eigenvalue weighted by Crippen LogP contribution is 2.12. The van der Waals surface area contributed by atoms with Crippen molar-refractivity contribution in [2.45, 2.75) is 32.6 Å². The van der Waals surface area contributed by atoms with Gasteiger partial charge in [-0.1, -0.05) is 12.1 Å². The van der Waals surface area contributed by atoms with Gasteiger partial charge in [0.1, 0.15) is 5.75 Å². The van der Waals surface area contributed by atoms with Gasteiger partial charge in [-0.3, -0.25) is 0 Å². The van der Waals surface area contributed by atoms with Crippen LogP contribution < -0.4 is 10.1 Å². The fourth-order valence-electron chi connectivity index (χ4n) is 2.65. The molecule has 0 saturated carbocycles. The minimum atomic E-state index is 0.794. The van der Waals surface area contributed by atoms with Gasteiger partial charge in [0.15, 0.2) is 0 Å². The molecule has 1 aromatic carbocycles. The first kappa shape index (κ1) is 15.3. The fraction of sp³-hybridized carbons (Fsp3) is 0.647. The monoisotopic (exact) mass is 276 g/mol. The summed E-state index contributed by atoms with van der Waals surface area (Å²) in [6.07, 6.45) is 5.11. The molecule has 20 heavy (non-hydrogen) atoms. The lowest BCUT2D eigenvalue weighted by atomic mass is 10.2. The molecule has 0 radical (unpaired) electrons. The Morgan fingerprint density at radius 1 is 1.15 bits per heavy atom. The number of nitrogens with zero attached hydrogens (tertiary/aromatic N) is 1. The van der Waals surface area contributed by atoms with Crippen molar-refractivity contribution in [3.05, 3.63) is 29.8 Å². The average molecular weight is 276 g/mol. The van der Waals surface area contributed by atoms with Crippen LogP contribution in [0.1, 0.15) is 31.2 Å². The van der Waals surface area contributed by atoms with Crippen LogP contribution in [0.2, 0.25) is 0 Å². The van der Waals surface area contributed by atoms with Crippen molar-refractivity contribution in [2.75, 3.05) is 39.3 Å². The lowest BCUT2D eigenvalue weighted by molar-refractivity contribution is 0.304. The van der Waals surface area contributed by atoms with Gasteiger partial charge < -0.3 is 15.0 Å². The molecule has 0 amide bonds. The normalized spacial score (nSPS) is 15.7. The number of rotatable bonds is 9. The Morgan fingerprint density at radius 3 is 2.75 bits per heavy atom. The molecular formula is C17H28N2O. The maximum Gasteiger partial charge on any atom is 0.119 e. The number of nitrogens with one attached hydrogen (secondary N) is 1. The molecule has 1 aliphatic heterocycles. The number of aryl methyl sites for hydroxylation is 1. The van der Waals surface area contributed by atoms with E-state index in [2.05, 4.69) is 29.3 Å². The van der Waals surface area contributed by atoms with Gasteiger partial charge in [-0.2, -0.15) is 0 Å². The van der Waals surface area contributed by atoms with Crippen LogP contribution in [0.3, 0.4) is 0 Å². The quantitative estimate of drug-likeness (QED) is 0.702.